The molecule has 1 unspecified atom stereocenters. The second kappa shape index (κ2) is 6.37. The minimum Gasteiger partial charge on any atom is -0.453 e. The van der Waals surface area contributed by atoms with Gasteiger partial charge in [0.25, 0.3) is 0 Å². The van der Waals surface area contributed by atoms with Crippen molar-refractivity contribution < 1.29 is 22.0 Å². The number of halogens is 2. The Bertz CT molecular complexity index is 859. The van der Waals surface area contributed by atoms with E-state index >= 15 is 0 Å². The molecule has 0 aromatic heterocycles. The van der Waals surface area contributed by atoms with Crippen LogP contribution in [0.4, 0.5) is 11.4 Å². The summed E-state index contributed by atoms with van der Waals surface area (Å²) in [6.07, 6.45) is -0.779. The minimum absolute atomic E-state index is 0.246. The summed E-state index contributed by atoms with van der Waals surface area (Å²) in [6.45, 7) is 0.740. The first-order valence-corrected chi connectivity index (χ1v) is 9.76. The average molecular weight is 414 g/mol. The van der Waals surface area contributed by atoms with Crippen LogP contribution in [0.5, 0.6) is 11.5 Å². The molecule has 0 saturated carbocycles. The Hall–Kier alpha value is -1.35. The van der Waals surface area contributed by atoms with Gasteiger partial charge in [-0.2, -0.15) is 4.21 Å². The second-order valence-electron chi connectivity index (χ2n) is 6.20. The maximum atomic E-state index is 11.8. The summed E-state index contributed by atoms with van der Waals surface area (Å²) in [7, 11) is 0. The van der Waals surface area contributed by atoms with Crippen LogP contribution in [0.15, 0.2) is 36.4 Å². The lowest BCUT2D eigenvalue weighted by Gasteiger charge is -2.42. The number of anilines is 2. The lowest BCUT2D eigenvalue weighted by molar-refractivity contribution is -0.0329. The Balaban J connectivity index is 1.65. The van der Waals surface area contributed by atoms with Crippen LogP contribution in [0.3, 0.4) is 0 Å². The molecule has 2 aromatic carbocycles. The van der Waals surface area contributed by atoms with Gasteiger partial charge in [0.2, 0.25) is 0 Å². The first-order valence-electron chi connectivity index (χ1n) is 8.00. The molecule has 2 fully saturated rings. The number of hydrogen-bond acceptors (Lipinski definition) is 6. The normalized spacial score (nSPS) is 29.5. The molecule has 0 radical (unpaired) electrons. The van der Waals surface area contributed by atoms with Gasteiger partial charge in [0.15, 0.2) is 11.5 Å². The topological polar surface area (TPSA) is 57.2 Å². The number of fused-ring (bicyclic) bond motifs is 3. The van der Waals surface area contributed by atoms with Gasteiger partial charge in [-0.1, -0.05) is 23.2 Å². The molecular weight excluding hydrogens is 401 g/mol. The molecule has 136 valence electrons. The van der Waals surface area contributed by atoms with E-state index in [1.54, 1.807) is 24.3 Å². The highest BCUT2D eigenvalue weighted by Crippen LogP contribution is 2.50. The summed E-state index contributed by atoms with van der Waals surface area (Å²) in [6, 6.07) is 10.6. The number of ether oxygens (including phenoxy) is 2. The van der Waals surface area contributed by atoms with Crippen LogP contribution >= 0.6 is 23.2 Å². The standard InChI is InChI=1S/C17H13Cl2NO5S/c18-9-1-3-11-14(5-9)23-15-6-10(19)2-4-12(15)20(11)13-7-22-8-16-17(13)25-26(21)24-16/h1-6,13,16-17H,7-8H2/t13-,16-,17+,26?/m0/s1. The number of benzene rings is 2. The highest BCUT2D eigenvalue weighted by atomic mass is 35.5. The lowest BCUT2D eigenvalue weighted by Crippen LogP contribution is -2.54. The van der Waals surface area contributed by atoms with Gasteiger partial charge in [0, 0.05) is 22.2 Å². The van der Waals surface area contributed by atoms with Crippen LogP contribution in [0.1, 0.15) is 0 Å². The van der Waals surface area contributed by atoms with Crippen LogP contribution < -0.4 is 9.64 Å². The third-order valence-electron chi connectivity index (χ3n) is 4.62. The predicted molar refractivity (Wildman–Crippen MR) is 97.6 cm³/mol. The zero-order valence-corrected chi connectivity index (χ0v) is 15.6. The largest absolute Gasteiger partial charge is 0.453 e. The van der Waals surface area contributed by atoms with Crippen molar-refractivity contribution in [3.8, 4) is 11.5 Å². The van der Waals surface area contributed by atoms with Gasteiger partial charge in [0.05, 0.1) is 30.6 Å². The third kappa shape index (κ3) is 2.70. The summed E-state index contributed by atoms with van der Waals surface area (Å²) in [4.78, 5) is 2.06. The van der Waals surface area contributed by atoms with E-state index in [-0.39, 0.29) is 12.1 Å². The zero-order valence-electron chi connectivity index (χ0n) is 13.3. The van der Waals surface area contributed by atoms with Crippen molar-refractivity contribution in [3.63, 3.8) is 0 Å². The molecule has 3 aliphatic rings. The van der Waals surface area contributed by atoms with Gasteiger partial charge in [-0.05, 0) is 24.3 Å². The van der Waals surface area contributed by atoms with E-state index in [2.05, 4.69) is 4.90 Å². The average Bonchev–Trinajstić information content (AvgIpc) is 2.99. The van der Waals surface area contributed by atoms with Crippen molar-refractivity contribution in [2.75, 3.05) is 18.1 Å². The molecule has 0 spiro atoms. The fourth-order valence-electron chi connectivity index (χ4n) is 3.53. The zero-order chi connectivity index (χ0) is 17.8. The quantitative estimate of drug-likeness (QED) is 0.703. The summed E-state index contributed by atoms with van der Waals surface area (Å²) < 4.78 is 34.3. The minimum atomic E-state index is -1.77. The van der Waals surface area contributed by atoms with Gasteiger partial charge < -0.3 is 14.4 Å². The van der Waals surface area contributed by atoms with E-state index in [4.69, 9.17) is 41.0 Å². The SMILES string of the molecule is O=S1O[C@H]2[C@H](COC[C@@H]2N2c3ccc(Cl)cc3Oc3cc(Cl)ccc32)O1. The van der Waals surface area contributed by atoms with E-state index in [1.807, 2.05) is 12.1 Å². The van der Waals surface area contributed by atoms with Gasteiger partial charge in [0.1, 0.15) is 12.2 Å². The Morgan fingerprint density at radius 1 is 0.962 bits per heavy atom. The maximum Gasteiger partial charge on any atom is 0.305 e. The molecule has 0 bridgehead atoms. The van der Waals surface area contributed by atoms with Crippen LogP contribution in [0, 0.1) is 0 Å². The van der Waals surface area contributed by atoms with E-state index in [0.29, 0.717) is 34.8 Å². The monoisotopic (exact) mass is 413 g/mol. The molecule has 6 nitrogen and oxygen atoms in total. The van der Waals surface area contributed by atoms with Crippen molar-refractivity contribution in [1.82, 2.24) is 0 Å². The van der Waals surface area contributed by atoms with Crippen molar-refractivity contribution in [1.29, 1.82) is 0 Å². The molecule has 0 amide bonds. The number of nitrogens with zero attached hydrogens (tertiary/aromatic N) is 1. The van der Waals surface area contributed by atoms with Crippen molar-refractivity contribution in [2.24, 2.45) is 0 Å². The fourth-order valence-corrected chi connectivity index (χ4v) is 4.70. The highest BCUT2D eigenvalue weighted by Gasteiger charge is 2.48. The molecule has 2 saturated heterocycles. The molecular formula is C17H13Cl2NO5S. The molecule has 9 heteroatoms. The van der Waals surface area contributed by atoms with Crippen molar-refractivity contribution in [2.45, 2.75) is 18.2 Å². The lowest BCUT2D eigenvalue weighted by atomic mass is 9.99. The fraction of sp³-hybridized carbons (Fsp3) is 0.294. The predicted octanol–water partition coefficient (Wildman–Crippen LogP) is 4.00. The summed E-state index contributed by atoms with van der Waals surface area (Å²) in [5.74, 6) is 1.21. The molecule has 0 aliphatic carbocycles. The second-order valence-corrected chi connectivity index (χ2v) is 7.87. The summed E-state index contributed by atoms with van der Waals surface area (Å²) in [5.41, 5.74) is 1.64. The molecule has 3 aliphatic heterocycles. The molecule has 2 aromatic rings. The Morgan fingerprint density at radius 2 is 1.62 bits per heavy atom. The Labute approximate surface area is 162 Å². The molecule has 5 rings (SSSR count). The Kier molecular flexibility index (Phi) is 4.11. The first-order chi connectivity index (χ1) is 12.6. The van der Waals surface area contributed by atoms with Gasteiger partial charge >= 0.3 is 11.4 Å². The van der Waals surface area contributed by atoms with Crippen LogP contribution in [0.25, 0.3) is 0 Å². The van der Waals surface area contributed by atoms with E-state index in [9.17, 15) is 4.21 Å². The first kappa shape index (κ1) is 16.8. The van der Waals surface area contributed by atoms with Gasteiger partial charge in [-0.25, -0.2) is 0 Å². The van der Waals surface area contributed by atoms with Gasteiger partial charge in [-0.15, -0.1) is 0 Å². The summed E-state index contributed by atoms with van der Waals surface area (Å²) >= 11 is 10.5. The van der Waals surface area contributed by atoms with Crippen LogP contribution in [0.2, 0.25) is 10.0 Å². The maximum absolute atomic E-state index is 11.8. The van der Waals surface area contributed by atoms with Crippen molar-refractivity contribution >= 4 is 45.9 Å². The molecule has 26 heavy (non-hydrogen) atoms. The van der Waals surface area contributed by atoms with E-state index in [1.165, 1.54) is 0 Å². The van der Waals surface area contributed by atoms with E-state index < -0.39 is 17.5 Å². The molecule has 3 heterocycles. The van der Waals surface area contributed by atoms with Crippen LogP contribution in [-0.4, -0.2) is 35.7 Å². The molecule has 0 N–H and O–H groups in total. The highest BCUT2D eigenvalue weighted by molar-refractivity contribution is 7.75. The third-order valence-corrected chi connectivity index (χ3v) is 5.88. The summed E-state index contributed by atoms with van der Waals surface area (Å²) in [5, 5.41) is 1.13. The Morgan fingerprint density at radius 3 is 2.27 bits per heavy atom. The number of rotatable bonds is 1. The smallest absolute Gasteiger partial charge is 0.305 e. The molecule has 4 atom stereocenters. The number of hydrogen-bond donors (Lipinski definition) is 0. The van der Waals surface area contributed by atoms with Crippen molar-refractivity contribution in [3.05, 3.63) is 46.4 Å². The van der Waals surface area contributed by atoms with Crippen LogP contribution in [-0.2, 0) is 24.5 Å². The van der Waals surface area contributed by atoms with E-state index in [0.717, 1.165) is 11.4 Å². The van der Waals surface area contributed by atoms with Gasteiger partial charge in [-0.3, -0.25) is 8.37 Å².